The lowest BCUT2D eigenvalue weighted by Crippen LogP contribution is -2.50. The van der Waals surface area contributed by atoms with Crippen LogP contribution < -0.4 is 9.47 Å². The number of aryl methyl sites for hydroxylation is 1. The van der Waals surface area contributed by atoms with Crippen molar-refractivity contribution in [2.24, 2.45) is 0 Å². The molecule has 0 radical (unpaired) electrons. The van der Waals surface area contributed by atoms with E-state index >= 15 is 0 Å². The highest BCUT2D eigenvalue weighted by Crippen LogP contribution is 2.38. The molecule has 2 heterocycles. The Hall–Kier alpha value is -3.10. The van der Waals surface area contributed by atoms with Crippen LogP contribution in [0.1, 0.15) is 34.2 Å². The van der Waals surface area contributed by atoms with Crippen LogP contribution >= 0.6 is 11.3 Å². The summed E-state index contributed by atoms with van der Waals surface area (Å²) in [6.45, 7) is 5.63. The third kappa shape index (κ3) is 5.20. The van der Waals surface area contributed by atoms with Crippen LogP contribution in [0.15, 0.2) is 48.0 Å². The summed E-state index contributed by atoms with van der Waals surface area (Å²) >= 11 is 1.59. The first-order valence-electron chi connectivity index (χ1n) is 12.3. The Balaban J connectivity index is 1.25. The highest BCUT2D eigenvalue weighted by atomic mass is 32.1. The number of morpholine rings is 1. The van der Waals surface area contributed by atoms with Crippen LogP contribution in [0.25, 0.3) is 0 Å². The number of rotatable bonds is 7. The maximum atomic E-state index is 12.8. The molecule has 1 fully saturated rings. The summed E-state index contributed by atoms with van der Waals surface area (Å²) in [4.78, 5) is 19.9. The van der Waals surface area contributed by atoms with Crippen molar-refractivity contribution in [2.45, 2.75) is 44.8 Å². The molecule has 0 N–H and O–H groups in total. The predicted molar refractivity (Wildman–Crippen MR) is 138 cm³/mol. The lowest BCUT2D eigenvalue weighted by atomic mass is 9.93. The summed E-state index contributed by atoms with van der Waals surface area (Å²) in [6.07, 6.45) is 2.16. The number of carbonyl (C=O) groups is 1. The third-order valence-electron chi connectivity index (χ3n) is 7.01. The van der Waals surface area contributed by atoms with Crippen molar-refractivity contribution in [2.75, 3.05) is 33.4 Å². The Bertz CT molecular complexity index is 1200. The van der Waals surface area contributed by atoms with Gasteiger partial charge in [0.1, 0.15) is 11.7 Å². The molecule has 5 rings (SSSR count). The van der Waals surface area contributed by atoms with Gasteiger partial charge in [-0.05, 0) is 42.7 Å². The monoisotopic (exact) mass is 508 g/mol. The summed E-state index contributed by atoms with van der Waals surface area (Å²) in [5.41, 5.74) is 5.73. The number of hydrogen-bond acceptors (Lipinski definition) is 7. The Morgan fingerprint density at radius 2 is 1.97 bits per heavy atom. The molecule has 1 unspecified atom stereocenters. The van der Waals surface area contributed by atoms with Gasteiger partial charge < -0.3 is 23.8 Å². The van der Waals surface area contributed by atoms with Gasteiger partial charge in [-0.3, -0.25) is 0 Å². The number of nitrogens with zero attached hydrogens (tertiary/aromatic N) is 2. The molecule has 2 aromatic carbocycles. The zero-order valence-electron chi connectivity index (χ0n) is 21.0. The molecule has 8 heteroatoms. The molecule has 3 aromatic rings. The molecule has 1 atom stereocenters. The molecule has 2 aliphatic rings. The van der Waals surface area contributed by atoms with Crippen LogP contribution in [0, 0.1) is 6.92 Å². The van der Waals surface area contributed by atoms with Gasteiger partial charge in [-0.15, -0.1) is 11.3 Å². The van der Waals surface area contributed by atoms with E-state index in [0.717, 1.165) is 29.0 Å². The molecule has 0 saturated carbocycles. The average molecular weight is 509 g/mol. The van der Waals surface area contributed by atoms with Crippen molar-refractivity contribution in [3.05, 3.63) is 75.2 Å². The number of amides is 1. The molecule has 1 saturated heterocycles. The molecule has 0 bridgehead atoms. The summed E-state index contributed by atoms with van der Waals surface area (Å²) in [5, 5.41) is 0. The number of aromatic nitrogens is 1. The summed E-state index contributed by atoms with van der Waals surface area (Å²) in [5.74, 6) is 1.38. The quantitative estimate of drug-likeness (QED) is 0.451. The van der Waals surface area contributed by atoms with Gasteiger partial charge in [0.05, 0.1) is 38.1 Å². The van der Waals surface area contributed by atoms with Gasteiger partial charge in [0.25, 0.3) is 0 Å². The van der Waals surface area contributed by atoms with Gasteiger partial charge >= 0.3 is 6.09 Å². The number of carbonyl (C=O) groups excluding carboxylic acids is 1. The Morgan fingerprint density at radius 3 is 2.67 bits per heavy atom. The molecule has 36 heavy (non-hydrogen) atoms. The summed E-state index contributed by atoms with van der Waals surface area (Å²) < 4.78 is 23.8. The number of ether oxygens (including phenoxy) is 4. The predicted octanol–water partition coefficient (Wildman–Crippen LogP) is 4.93. The van der Waals surface area contributed by atoms with Gasteiger partial charge in [-0.1, -0.05) is 30.3 Å². The first-order valence-corrected chi connectivity index (χ1v) is 13.2. The number of methoxy groups -OCH3 is 1. The molecule has 1 amide bonds. The van der Waals surface area contributed by atoms with E-state index in [0.29, 0.717) is 44.2 Å². The molecule has 1 aliphatic carbocycles. The number of hydrogen-bond donors (Lipinski definition) is 0. The van der Waals surface area contributed by atoms with Gasteiger partial charge in [0.15, 0.2) is 11.5 Å². The minimum Gasteiger partial charge on any atom is -0.493 e. The van der Waals surface area contributed by atoms with Crippen LogP contribution in [-0.4, -0.2) is 55.5 Å². The maximum Gasteiger partial charge on any atom is 0.409 e. The standard InChI is InChI=1S/C28H32N2O5S/c1-19-26(36-18-29-19)10-12-33-27(31)30-11-13-34-28(2,17-30)22-8-9-24(32-3)25(16-22)35-23-14-20-6-4-5-7-21(20)15-23/h4-9,16,18,23H,10-15,17H2,1-3H3. The van der Waals surface area contributed by atoms with E-state index in [1.54, 1.807) is 23.3 Å². The van der Waals surface area contributed by atoms with E-state index in [4.69, 9.17) is 18.9 Å². The molecular formula is C28H32N2O5S. The topological polar surface area (TPSA) is 70.1 Å². The summed E-state index contributed by atoms with van der Waals surface area (Å²) in [7, 11) is 1.65. The van der Waals surface area contributed by atoms with Crippen molar-refractivity contribution in [3.63, 3.8) is 0 Å². The highest BCUT2D eigenvalue weighted by Gasteiger charge is 2.37. The second-order valence-corrected chi connectivity index (χ2v) is 10.4. The van der Waals surface area contributed by atoms with Crippen LogP contribution in [-0.2, 0) is 34.3 Å². The zero-order valence-corrected chi connectivity index (χ0v) is 21.8. The van der Waals surface area contributed by atoms with Gasteiger partial charge in [0.2, 0.25) is 0 Å². The van der Waals surface area contributed by atoms with Crippen LogP contribution in [0.3, 0.4) is 0 Å². The number of thiazole rings is 1. The largest absolute Gasteiger partial charge is 0.493 e. The van der Waals surface area contributed by atoms with E-state index in [1.807, 2.05) is 37.6 Å². The van der Waals surface area contributed by atoms with Crippen LogP contribution in [0.5, 0.6) is 11.5 Å². The lowest BCUT2D eigenvalue weighted by Gasteiger charge is -2.40. The van der Waals surface area contributed by atoms with Crippen molar-refractivity contribution in [1.82, 2.24) is 9.88 Å². The molecule has 1 aromatic heterocycles. The van der Waals surface area contributed by atoms with Crippen molar-refractivity contribution >= 4 is 17.4 Å². The molecule has 190 valence electrons. The molecule has 0 spiro atoms. The van der Waals surface area contributed by atoms with E-state index in [2.05, 4.69) is 29.2 Å². The normalized spacial score (nSPS) is 19.7. The van der Waals surface area contributed by atoms with Gasteiger partial charge in [-0.2, -0.15) is 0 Å². The van der Waals surface area contributed by atoms with Gasteiger partial charge in [-0.25, -0.2) is 9.78 Å². The van der Waals surface area contributed by atoms with E-state index < -0.39 is 5.60 Å². The fourth-order valence-electron chi connectivity index (χ4n) is 4.97. The minimum atomic E-state index is -0.686. The minimum absolute atomic E-state index is 0.0558. The smallest absolute Gasteiger partial charge is 0.409 e. The van der Waals surface area contributed by atoms with E-state index in [9.17, 15) is 4.79 Å². The van der Waals surface area contributed by atoms with E-state index in [-0.39, 0.29) is 12.2 Å². The Morgan fingerprint density at radius 1 is 1.19 bits per heavy atom. The molecule has 1 aliphatic heterocycles. The third-order valence-corrected chi connectivity index (χ3v) is 8.01. The van der Waals surface area contributed by atoms with Crippen molar-refractivity contribution in [3.8, 4) is 11.5 Å². The number of benzene rings is 2. The van der Waals surface area contributed by atoms with Gasteiger partial charge in [0, 0.05) is 30.7 Å². The first kappa shape index (κ1) is 24.6. The number of fused-ring (bicyclic) bond motifs is 1. The van der Waals surface area contributed by atoms with Crippen LogP contribution in [0.2, 0.25) is 0 Å². The first-order chi connectivity index (χ1) is 17.4. The second kappa shape index (κ2) is 10.5. The van der Waals surface area contributed by atoms with Crippen molar-refractivity contribution in [1.29, 1.82) is 0 Å². The summed E-state index contributed by atoms with van der Waals surface area (Å²) in [6, 6.07) is 14.3. The van der Waals surface area contributed by atoms with E-state index in [1.165, 1.54) is 11.1 Å². The lowest BCUT2D eigenvalue weighted by molar-refractivity contribution is -0.0974. The molecule has 7 nitrogen and oxygen atoms in total. The fraction of sp³-hybridized carbons (Fsp3) is 0.429. The second-order valence-electron chi connectivity index (χ2n) is 9.51. The Kier molecular flexibility index (Phi) is 7.16. The SMILES string of the molecule is COc1ccc(C2(C)CN(C(=O)OCCc3scnc3C)CCO2)cc1OC1Cc2ccccc2C1. The Labute approximate surface area is 216 Å². The molecular weight excluding hydrogens is 476 g/mol. The van der Waals surface area contributed by atoms with Crippen molar-refractivity contribution < 1.29 is 23.7 Å². The zero-order chi connectivity index (χ0) is 25.1. The van der Waals surface area contributed by atoms with Crippen LogP contribution in [0.4, 0.5) is 4.79 Å². The average Bonchev–Trinajstić information content (AvgIpc) is 3.49. The highest BCUT2D eigenvalue weighted by molar-refractivity contribution is 7.09. The maximum absolute atomic E-state index is 12.8. The fourth-order valence-corrected chi connectivity index (χ4v) is 5.73.